The van der Waals surface area contributed by atoms with Gasteiger partial charge in [0.25, 0.3) is 0 Å². The molecule has 0 aliphatic rings. The second-order valence-electron chi connectivity index (χ2n) is 4.84. The van der Waals surface area contributed by atoms with Crippen LogP contribution in [0.4, 0.5) is 0 Å². The first-order chi connectivity index (χ1) is 10.8. The molecule has 0 heterocycles. The summed E-state index contributed by atoms with van der Waals surface area (Å²) in [5.74, 6) is -1.25. The quantitative estimate of drug-likeness (QED) is 0.735. The number of hydrogen-bond acceptors (Lipinski definition) is 4. The van der Waals surface area contributed by atoms with E-state index in [2.05, 4.69) is 4.72 Å². The smallest absolute Gasteiger partial charge is 0.322 e. The highest BCUT2D eigenvalue weighted by Gasteiger charge is 2.25. The average molecular weight is 356 g/mol. The van der Waals surface area contributed by atoms with Crippen LogP contribution in [0.1, 0.15) is 5.56 Å². The molecule has 2 aromatic rings. The Bertz CT molecular complexity index is 788. The lowest BCUT2D eigenvalue weighted by atomic mass is 10.1. The van der Waals surface area contributed by atoms with Crippen molar-refractivity contribution in [1.82, 2.24) is 4.72 Å². The lowest BCUT2D eigenvalue weighted by molar-refractivity contribution is -0.138. The van der Waals surface area contributed by atoms with Crippen LogP contribution in [0.3, 0.4) is 0 Å². The van der Waals surface area contributed by atoms with Crippen LogP contribution in [0, 0.1) is 0 Å². The topological polar surface area (TPSA) is 104 Å². The second-order valence-corrected chi connectivity index (χ2v) is 6.99. The summed E-state index contributed by atoms with van der Waals surface area (Å²) in [7, 11) is -3.99. The Hall–Kier alpha value is -2.09. The minimum Gasteiger partial charge on any atom is -0.508 e. The number of rotatable bonds is 6. The fraction of sp³-hybridized carbons (Fsp3) is 0.133. The molecule has 0 aliphatic heterocycles. The molecule has 0 bridgehead atoms. The molecule has 2 aromatic carbocycles. The van der Waals surface area contributed by atoms with E-state index >= 15 is 0 Å². The third-order valence-corrected chi connectivity index (χ3v) is 4.84. The van der Waals surface area contributed by atoms with Crippen molar-refractivity contribution >= 4 is 27.6 Å². The van der Waals surface area contributed by atoms with Crippen molar-refractivity contribution in [1.29, 1.82) is 0 Å². The highest BCUT2D eigenvalue weighted by atomic mass is 35.5. The minimum absolute atomic E-state index is 0.0439. The monoisotopic (exact) mass is 355 g/mol. The van der Waals surface area contributed by atoms with E-state index in [-0.39, 0.29) is 17.1 Å². The zero-order valence-corrected chi connectivity index (χ0v) is 13.4. The van der Waals surface area contributed by atoms with Gasteiger partial charge >= 0.3 is 5.97 Å². The molecular formula is C15H14ClNO5S. The van der Waals surface area contributed by atoms with Gasteiger partial charge in [-0.1, -0.05) is 23.7 Å². The van der Waals surface area contributed by atoms with Gasteiger partial charge in [0.2, 0.25) is 10.0 Å². The van der Waals surface area contributed by atoms with Crippen molar-refractivity contribution in [2.75, 3.05) is 0 Å². The van der Waals surface area contributed by atoms with E-state index < -0.39 is 22.0 Å². The van der Waals surface area contributed by atoms with E-state index in [4.69, 9.17) is 11.6 Å². The summed E-state index contributed by atoms with van der Waals surface area (Å²) < 4.78 is 26.6. The highest BCUT2D eigenvalue weighted by Crippen LogP contribution is 2.16. The Balaban J connectivity index is 2.20. The lowest BCUT2D eigenvalue weighted by Gasteiger charge is -2.15. The first kappa shape index (κ1) is 17.3. The number of halogens is 1. The van der Waals surface area contributed by atoms with Gasteiger partial charge in [-0.15, -0.1) is 0 Å². The molecule has 23 heavy (non-hydrogen) atoms. The number of phenolic OH excluding ortho intramolecular Hbond substituents is 1. The van der Waals surface area contributed by atoms with Gasteiger partial charge in [0.15, 0.2) is 0 Å². The zero-order chi connectivity index (χ0) is 17.0. The summed E-state index contributed by atoms with van der Waals surface area (Å²) >= 11 is 5.71. The largest absolute Gasteiger partial charge is 0.508 e. The molecule has 0 unspecified atom stereocenters. The molecule has 0 saturated carbocycles. The number of aliphatic carboxylic acids is 1. The Kier molecular flexibility index (Phi) is 5.25. The molecular weight excluding hydrogens is 342 g/mol. The number of nitrogens with one attached hydrogen (secondary N) is 1. The molecule has 0 fully saturated rings. The number of sulfonamides is 1. The number of hydrogen-bond donors (Lipinski definition) is 3. The maximum absolute atomic E-state index is 12.2. The SMILES string of the molecule is O=C(O)[C@H](Cc1ccc(O)cc1)NS(=O)(=O)c1ccc(Cl)cc1. The van der Waals surface area contributed by atoms with E-state index in [1.807, 2.05) is 0 Å². The summed E-state index contributed by atoms with van der Waals surface area (Å²) in [4.78, 5) is 11.3. The fourth-order valence-electron chi connectivity index (χ4n) is 1.92. The first-order valence-corrected chi connectivity index (χ1v) is 8.42. The van der Waals surface area contributed by atoms with E-state index in [1.165, 1.54) is 48.5 Å². The molecule has 6 nitrogen and oxygen atoms in total. The fourth-order valence-corrected chi connectivity index (χ4v) is 3.23. The van der Waals surface area contributed by atoms with E-state index in [1.54, 1.807) is 0 Å². The van der Waals surface area contributed by atoms with Gasteiger partial charge in [0, 0.05) is 5.02 Å². The molecule has 0 aliphatic carbocycles. The first-order valence-electron chi connectivity index (χ1n) is 6.56. The van der Waals surface area contributed by atoms with Crippen molar-refractivity contribution in [3.63, 3.8) is 0 Å². The van der Waals surface area contributed by atoms with Crippen LogP contribution in [-0.4, -0.2) is 30.6 Å². The highest BCUT2D eigenvalue weighted by molar-refractivity contribution is 7.89. The van der Waals surface area contributed by atoms with E-state index in [0.29, 0.717) is 10.6 Å². The van der Waals surface area contributed by atoms with Crippen LogP contribution in [0.15, 0.2) is 53.4 Å². The Morgan fingerprint density at radius 2 is 1.65 bits per heavy atom. The zero-order valence-electron chi connectivity index (χ0n) is 11.8. The van der Waals surface area contributed by atoms with Crippen LogP contribution in [0.25, 0.3) is 0 Å². The van der Waals surface area contributed by atoms with Gasteiger partial charge in [0.05, 0.1) is 4.90 Å². The normalized spacial score (nSPS) is 12.7. The Morgan fingerprint density at radius 1 is 1.09 bits per heavy atom. The van der Waals surface area contributed by atoms with Crippen molar-refractivity contribution in [3.05, 3.63) is 59.1 Å². The third-order valence-electron chi connectivity index (χ3n) is 3.10. The molecule has 0 radical (unpaired) electrons. The Morgan fingerprint density at radius 3 is 2.17 bits per heavy atom. The predicted octanol–water partition coefficient (Wildman–Crippen LogP) is 2.02. The van der Waals surface area contributed by atoms with Crippen LogP contribution < -0.4 is 4.72 Å². The molecule has 2 rings (SSSR count). The predicted molar refractivity (Wildman–Crippen MR) is 85.0 cm³/mol. The van der Waals surface area contributed by atoms with E-state index in [0.717, 1.165) is 0 Å². The lowest BCUT2D eigenvalue weighted by Crippen LogP contribution is -2.42. The summed E-state index contributed by atoms with van der Waals surface area (Å²) in [5, 5.41) is 18.8. The molecule has 0 saturated heterocycles. The van der Waals surface area contributed by atoms with Crippen LogP contribution >= 0.6 is 11.6 Å². The molecule has 1 atom stereocenters. The van der Waals surface area contributed by atoms with Gasteiger partial charge in [-0.05, 0) is 48.4 Å². The Labute approximate surface area is 138 Å². The number of phenols is 1. The number of carbonyl (C=O) groups is 1. The van der Waals surface area contributed by atoms with Crippen molar-refractivity contribution in [2.24, 2.45) is 0 Å². The van der Waals surface area contributed by atoms with Crippen LogP contribution in [0.5, 0.6) is 5.75 Å². The summed E-state index contributed by atoms with van der Waals surface area (Å²) in [6, 6.07) is 9.94. The number of benzene rings is 2. The molecule has 0 aromatic heterocycles. The molecule has 8 heteroatoms. The van der Waals surface area contributed by atoms with Gasteiger partial charge < -0.3 is 10.2 Å². The van der Waals surface area contributed by atoms with Gasteiger partial charge in [-0.2, -0.15) is 4.72 Å². The average Bonchev–Trinajstić information content (AvgIpc) is 2.49. The second kappa shape index (κ2) is 6.99. The minimum atomic E-state index is -3.99. The summed E-state index contributed by atoms with van der Waals surface area (Å²) in [6.45, 7) is 0. The van der Waals surface area contributed by atoms with Crippen LogP contribution in [-0.2, 0) is 21.2 Å². The van der Waals surface area contributed by atoms with Crippen molar-refractivity contribution in [2.45, 2.75) is 17.4 Å². The standard InChI is InChI=1S/C15H14ClNO5S/c16-11-3-7-13(8-4-11)23(21,22)17-14(15(19)20)9-10-1-5-12(18)6-2-10/h1-8,14,17-18H,9H2,(H,19,20)/t14-/m0/s1. The van der Waals surface area contributed by atoms with Gasteiger partial charge in [-0.3, -0.25) is 4.79 Å². The van der Waals surface area contributed by atoms with Crippen molar-refractivity contribution < 1.29 is 23.4 Å². The number of carboxylic acids is 1. The third kappa shape index (κ3) is 4.69. The number of aromatic hydroxyl groups is 1. The molecule has 0 amide bonds. The molecule has 122 valence electrons. The molecule has 0 spiro atoms. The van der Waals surface area contributed by atoms with E-state index in [9.17, 15) is 23.4 Å². The van der Waals surface area contributed by atoms with Gasteiger partial charge in [0.1, 0.15) is 11.8 Å². The maximum atomic E-state index is 12.2. The van der Waals surface area contributed by atoms with Gasteiger partial charge in [-0.25, -0.2) is 8.42 Å². The summed E-state index contributed by atoms with van der Waals surface area (Å²) in [6.07, 6.45) is -0.0531. The van der Waals surface area contributed by atoms with Crippen molar-refractivity contribution in [3.8, 4) is 5.75 Å². The molecule has 3 N–H and O–H groups in total. The number of carboxylic acid groups (broad SMARTS) is 1. The van der Waals surface area contributed by atoms with Crippen LogP contribution in [0.2, 0.25) is 5.02 Å². The summed E-state index contributed by atoms with van der Waals surface area (Å²) in [5.41, 5.74) is 0.578. The maximum Gasteiger partial charge on any atom is 0.322 e.